The van der Waals surface area contributed by atoms with Crippen molar-refractivity contribution in [2.75, 3.05) is 45.8 Å². The van der Waals surface area contributed by atoms with Gasteiger partial charge in [-0.25, -0.2) is 0 Å². The molecular weight excluding hydrogens is 312 g/mol. The van der Waals surface area contributed by atoms with Crippen LogP contribution in [0.2, 0.25) is 0 Å². The van der Waals surface area contributed by atoms with E-state index >= 15 is 0 Å². The summed E-state index contributed by atoms with van der Waals surface area (Å²) < 4.78 is 0. The Kier molecular flexibility index (Phi) is 6.06. The van der Waals surface area contributed by atoms with Crippen molar-refractivity contribution in [2.45, 2.75) is 25.8 Å². The molecule has 134 valence electrons. The Morgan fingerprint density at radius 2 is 1.96 bits per heavy atom. The van der Waals surface area contributed by atoms with Crippen LogP contribution in [0.15, 0.2) is 24.4 Å². The molecule has 0 N–H and O–H groups in total. The van der Waals surface area contributed by atoms with Crippen LogP contribution in [0.1, 0.15) is 31.5 Å². The molecule has 2 fully saturated rings. The van der Waals surface area contributed by atoms with E-state index in [1.54, 1.807) is 0 Å². The van der Waals surface area contributed by atoms with E-state index in [0.29, 0.717) is 18.5 Å². The molecule has 0 spiro atoms. The average Bonchev–Trinajstić information content (AvgIpc) is 2.68. The summed E-state index contributed by atoms with van der Waals surface area (Å²) in [7, 11) is 0. The maximum absolute atomic E-state index is 12.8. The number of piperidine rings is 1. The zero-order valence-electron chi connectivity index (χ0n) is 15.1. The van der Waals surface area contributed by atoms with E-state index in [9.17, 15) is 4.79 Å². The number of aromatic nitrogens is 1. The van der Waals surface area contributed by atoms with Gasteiger partial charge >= 0.3 is 0 Å². The van der Waals surface area contributed by atoms with Crippen molar-refractivity contribution in [3.8, 4) is 12.3 Å². The predicted molar refractivity (Wildman–Crippen MR) is 98.8 cm³/mol. The third-order valence-corrected chi connectivity index (χ3v) is 5.54. The molecule has 0 radical (unpaired) electrons. The summed E-state index contributed by atoms with van der Waals surface area (Å²) >= 11 is 0. The van der Waals surface area contributed by atoms with Gasteiger partial charge in [0.15, 0.2) is 0 Å². The van der Waals surface area contributed by atoms with E-state index in [-0.39, 0.29) is 5.92 Å². The smallest absolute Gasteiger partial charge is 0.225 e. The van der Waals surface area contributed by atoms with Gasteiger partial charge in [0.25, 0.3) is 0 Å². The van der Waals surface area contributed by atoms with Crippen molar-refractivity contribution < 1.29 is 4.79 Å². The molecule has 2 aliphatic heterocycles. The second-order valence-corrected chi connectivity index (χ2v) is 7.05. The number of hydrogen-bond donors (Lipinski definition) is 0. The molecule has 2 aliphatic rings. The van der Waals surface area contributed by atoms with Gasteiger partial charge in [0.05, 0.1) is 12.2 Å². The van der Waals surface area contributed by atoms with Crippen LogP contribution in [-0.4, -0.2) is 71.4 Å². The average molecular weight is 340 g/mol. The minimum atomic E-state index is 0.175. The second-order valence-electron chi connectivity index (χ2n) is 7.05. The molecule has 1 aromatic heterocycles. The monoisotopic (exact) mass is 340 g/mol. The molecule has 25 heavy (non-hydrogen) atoms. The first-order valence-corrected chi connectivity index (χ1v) is 9.28. The van der Waals surface area contributed by atoms with Gasteiger partial charge in [0, 0.05) is 44.3 Å². The van der Waals surface area contributed by atoms with Gasteiger partial charge in [0.2, 0.25) is 5.91 Å². The number of carbonyl (C=O) groups excluding carboxylic acids is 1. The Morgan fingerprint density at radius 1 is 1.24 bits per heavy atom. The second kappa shape index (κ2) is 8.46. The van der Waals surface area contributed by atoms with E-state index < -0.39 is 0 Å². The van der Waals surface area contributed by atoms with Gasteiger partial charge in [0.1, 0.15) is 0 Å². The highest BCUT2D eigenvalue weighted by Crippen LogP contribution is 2.23. The standard InChI is InChI=1S/C20H28N4O/c1-3-10-22-11-7-18(8-12-22)20(25)24-15-13-23(14-16-24)17(2)19-6-4-5-9-21-19/h1,4-6,9,17-18H,7-8,10-16H2,2H3. The highest BCUT2D eigenvalue weighted by Gasteiger charge is 2.31. The molecule has 3 rings (SSSR count). The predicted octanol–water partition coefficient (Wildman–Crippen LogP) is 1.63. The van der Waals surface area contributed by atoms with Crippen LogP contribution in [0.25, 0.3) is 0 Å². The Labute approximate surface area is 151 Å². The zero-order valence-corrected chi connectivity index (χ0v) is 15.1. The van der Waals surface area contributed by atoms with Crippen molar-refractivity contribution in [3.05, 3.63) is 30.1 Å². The lowest BCUT2D eigenvalue weighted by molar-refractivity contribution is -0.139. The normalized spacial score (nSPS) is 21.7. The molecule has 1 amide bonds. The molecule has 5 nitrogen and oxygen atoms in total. The lowest BCUT2D eigenvalue weighted by Gasteiger charge is -2.40. The molecule has 3 heterocycles. The number of piperazine rings is 1. The highest BCUT2D eigenvalue weighted by molar-refractivity contribution is 5.79. The number of carbonyl (C=O) groups is 1. The summed E-state index contributed by atoms with van der Waals surface area (Å²) in [6.45, 7) is 8.25. The van der Waals surface area contributed by atoms with Crippen LogP contribution in [-0.2, 0) is 4.79 Å². The lowest BCUT2D eigenvalue weighted by Crippen LogP contribution is -2.52. The number of hydrogen-bond acceptors (Lipinski definition) is 4. The number of terminal acetylenes is 1. The fraction of sp³-hybridized carbons (Fsp3) is 0.600. The molecule has 5 heteroatoms. The Morgan fingerprint density at radius 3 is 2.56 bits per heavy atom. The summed E-state index contributed by atoms with van der Waals surface area (Å²) in [4.78, 5) is 24.0. The van der Waals surface area contributed by atoms with E-state index in [1.165, 1.54) is 0 Å². The fourth-order valence-corrected chi connectivity index (χ4v) is 3.87. The first-order chi connectivity index (χ1) is 12.2. The summed E-state index contributed by atoms with van der Waals surface area (Å²) in [6, 6.07) is 6.35. The summed E-state index contributed by atoms with van der Waals surface area (Å²) in [5.74, 6) is 3.21. The van der Waals surface area contributed by atoms with E-state index in [1.807, 2.05) is 18.3 Å². The van der Waals surface area contributed by atoms with Gasteiger partial charge in [-0.2, -0.15) is 0 Å². The number of likely N-dealkylation sites (tertiary alicyclic amines) is 1. The number of pyridine rings is 1. The van der Waals surface area contributed by atoms with Crippen molar-refractivity contribution in [1.82, 2.24) is 19.7 Å². The molecule has 1 atom stereocenters. The third kappa shape index (κ3) is 4.39. The van der Waals surface area contributed by atoms with Crippen molar-refractivity contribution in [2.24, 2.45) is 5.92 Å². The van der Waals surface area contributed by atoms with Gasteiger partial charge in [-0.05, 0) is 45.0 Å². The summed E-state index contributed by atoms with van der Waals surface area (Å²) in [6.07, 6.45) is 9.09. The van der Waals surface area contributed by atoms with E-state index in [2.05, 4.69) is 38.6 Å². The maximum atomic E-state index is 12.8. The number of nitrogens with zero attached hydrogens (tertiary/aromatic N) is 4. The fourth-order valence-electron chi connectivity index (χ4n) is 3.87. The molecule has 0 aromatic carbocycles. The van der Waals surface area contributed by atoms with E-state index in [4.69, 9.17) is 6.42 Å². The molecule has 1 aromatic rings. The van der Waals surface area contributed by atoms with Gasteiger partial charge < -0.3 is 4.90 Å². The maximum Gasteiger partial charge on any atom is 0.225 e. The van der Waals surface area contributed by atoms with Crippen LogP contribution >= 0.6 is 0 Å². The molecular formula is C20H28N4O. The zero-order chi connectivity index (χ0) is 17.6. The van der Waals surface area contributed by atoms with Crippen LogP contribution in [0.4, 0.5) is 0 Å². The minimum Gasteiger partial charge on any atom is -0.340 e. The lowest BCUT2D eigenvalue weighted by atomic mass is 9.95. The van der Waals surface area contributed by atoms with Gasteiger partial charge in [-0.1, -0.05) is 12.0 Å². The summed E-state index contributed by atoms with van der Waals surface area (Å²) in [5, 5.41) is 0. The first-order valence-electron chi connectivity index (χ1n) is 9.28. The third-order valence-electron chi connectivity index (χ3n) is 5.54. The SMILES string of the molecule is C#CCN1CCC(C(=O)N2CCN(C(C)c3ccccn3)CC2)CC1. The van der Waals surface area contributed by atoms with Crippen LogP contribution < -0.4 is 0 Å². The number of amides is 1. The van der Waals surface area contributed by atoms with Crippen LogP contribution in [0.5, 0.6) is 0 Å². The Hall–Kier alpha value is -1.90. The van der Waals surface area contributed by atoms with Crippen LogP contribution in [0.3, 0.4) is 0 Å². The first kappa shape index (κ1) is 17.9. The minimum absolute atomic E-state index is 0.175. The van der Waals surface area contributed by atoms with Gasteiger partial charge in [-0.3, -0.25) is 19.6 Å². The Balaban J connectivity index is 1.47. The quantitative estimate of drug-likeness (QED) is 0.781. The summed E-state index contributed by atoms with van der Waals surface area (Å²) in [5.41, 5.74) is 1.10. The van der Waals surface area contributed by atoms with Crippen molar-refractivity contribution in [1.29, 1.82) is 0 Å². The largest absolute Gasteiger partial charge is 0.340 e. The molecule has 0 saturated carbocycles. The van der Waals surface area contributed by atoms with Gasteiger partial charge in [-0.15, -0.1) is 6.42 Å². The van der Waals surface area contributed by atoms with Crippen molar-refractivity contribution >= 4 is 5.91 Å². The highest BCUT2D eigenvalue weighted by atomic mass is 16.2. The molecule has 0 aliphatic carbocycles. The van der Waals surface area contributed by atoms with Crippen LogP contribution in [0, 0.1) is 18.3 Å². The molecule has 2 saturated heterocycles. The van der Waals surface area contributed by atoms with E-state index in [0.717, 1.165) is 57.8 Å². The Bertz CT molecular complexity index is 596. The number of rotatable bonds is 4. The molecule has 0 bridgehead atoms. The van der Waals surface area contributed by atoms with Crippen molar-refractivity contribution in [3.63, 3.8) is 0 Å². The topological polar surface area (TPSA) is 39.7 Å². The molecule has 1 unspecified atom stereocenters.